The minimum atomic E-state index is -1.17. The first kappa shape index (κ1) is 13.7. The van der Waals surface area contributed by atoms with Crippen LogP contribution in [0.5, 0.6) is 0 Å². The van der Waals surface area contributed by atoms with Crippen LogP contribution in [0, 0.1) is 0 Å². The second-order valence-electron chi connectivity index (χ2n) is 2.65. The number of methoxy groups -OCH3 is 2. The van der Waals surface area contributed by atoms with Gasteiger partial charge < -0.3 is 9.47 Å². The molecular weight excluding hydrogens is 226 g/mol. The number of hydrogen-bond donors (Lipinski definition) is 0. The normalized spacial score (nSPS) is 11.5. The van der Waals surface area contributed by atoms with Crippen LogP contribution in [0.3, 0.4) is 0 Å². The fourth-order valence-electron chi connectivity index (χ4n) is 0.853. The number of amides is 1. The summed E-state index contributed by atoms with van der Waals surface area (Å²) in [7, 11) is 2.31. The Hall–Kier alpha value is -1.30. The molecule has 0 aliphatic carbocycles. The Morgan fingerprint density at radius 2 is 1.80 bits per heavy atom. The van der Waals surface area contributed by atoms with Crippen LogP contribution in [-0.4, -0.2) is 42.5 Å². The van der Waals surface area contributed by atoms with Crippen molar-refractivity contribution in [3.8, 4) is 0 Å². The van der Waals surface area contributed by atoms with Crippen LogP contribution in [0.25, 0.3) is 0 Å². The highest BCUT2D eigenvalue weighted by atomic mass is 35.5. The van der Waals surface area contributed by atoms with Gasteiger partial charge in [0.05, 0.1) is 20.6 Å². The molecule has 0 saturated heterocycles. The third kappa shape index (κ3) is 4.16. The Morgan fingerprint density at radius 3 is 2.13 bits per heavy atom. The average Bonchev–Trinajstić information content (AvgIpc) is 2.23. The number of carbonyl (C=O) groups excluding carboxylic acids is 3. The van der Waals surface area contributed by atoms with Crippen molar-refractivity contribution in [2.45, 2.75) is 19.4 Å². The molecule has 0 aliphatic heterocycles. The predicted molar refractivity (Wildman–Crippen MR) is 50.8 cm³/mol. The molecule has 0 fully saturated rings. The van der Waals surface area contributed by atoms with Gasteiger partial charge in [0, 0.05) is 18.7 Å². The fourth-order valence-corrected chi connectivity index (χ4v) is 1.00. The number of nitrogens with zero attached hydrogens (tertiary/aromatic N) is 1. The first-order valence-corrected chi connectivity index (χ1v) is 4.38. The van der Waals surface area contributed by atoms with Gasteiger partial charge in [0.1, 0.15) is 0 Å². The average molecular weight is 238 g/mol. The van der Waals surface area contributed by atoms with Gasteiger partial charge in [0.15, 0.2) is 6.04 Å². The quantitative estimate of drug-likeness (QED) is 0.512. The van der Waals surface area contributed by atoms with Crippen LogP contribution >= 0.6 is 11.8 Å². The highest BCUT2D eigenvalue weighted by Crippen LogP contribution is 2.11. The molecule has 0 heterocycles. The van der Waals surface area contributed by atoms with E-state index in [1.54, 1.807) is 0 Å². The Bertz CT molecular complexity index is 268. The van der Waals surface area contributed by atoms with Gasteiger partial charge >= 0.3 is 11.9 Å². The molecule has 0 saturated carbocycles. The van der Waals surface area contributed by atoms with Gasteiger partial charge in [-0.1, -0.05) is 0 Å². The van der Waals surface area contributed by atoms with E-state index in [-0.39, 0.29) is 6.42 Å². The smallest absolute Gasteiger partial charge is 0.330 e. The van der Waals surface area contributed by atoms with Gasteiger partial charge in [-0.2, -0.15) is 0 Å². The summed E-state index contributed by atoms with van der Waals surface area (Å²) >= 11 is 5.53. The third-order valence-electron chi connectivity index (χ3n) is 1.64. The van der Waals surface area contributed by atoms with E-state index < -0.39 is 23.9 Å². The SMILES string of the molecule is COC(=O)C[C@@H](C(=O)OC)N(Cl)C(C)=O. The number of carbonyl (C=O) groups is 3. The summed E-state index contributed by atoms with van der Waals surface area (Å²) in [5, 5.41) is 0. The van der Waals surface area contributed by atoms with Crippen molar-refractivity contribution in [2.75, 3.05) is 14.2 Å². The minimum absolute atomic E-state index is 0.341. The lowest BCUT2D eigenvalue weighted by molar-refractivity contribution is -0.153. The van der Waals surface area contributed by atoms with E-state index in [1.807, 2.05) is 0 Å². The van der Waals surface area contributed by atoms with E-state index >= 15 is 0 Å². The molecule has 86 valence electrons. The van der Waals surface area contributed by atoms with Crippen LogP contribution in [0.15, 0.2) is 0 Å². The fraction of sp³-hybridized carbons (Fsp3) is 0.625. The summed E-state index contributed by atoms with van der Waals surface area (Å²) in [5.74, 6) is -1.99. The molecule has 15 heavy (non-hydrogen) atoms. The van der Waals surface area contributed by atoms with E-state index in [0.29, 0.717) is 4.42 Å². The van der Waals surface area contributed by atoms with Crippen LogP contribution in [0.1, 0.15) is 13.3 Å². The molecule has 0 aromatic carbocycles. The molecule has 0 unspecified atom stereocenters. The highest BCUT2D eigenvalue weighted by molar-refractivity contribution is 6.22. The second kappa shape index (κ2) is 6.23. The lowest BCUT2D eigenvalue weighted by atomic mass is 10.2. The van der Waals surface area contributed by atoms with E-state index in [4.69, 9.17) is 11.8 Å². The Balaban J connectivity index is 4.65. The standard InChI is InChI=1S/C8H12ClNO5/c1-5(11)10(9)6(8(13)15-3)4-7(12)14-2/h6H,4H2,1-3H3/t6-/m0/s1. The number of hydrogen-bond acceptors (Lipinski definition) is 5. The van der Waals surface area contributed by atoms with Crippen molar-refractivity contribution in [1.82, 2.24) is 4.42 Å². The van der Waals surface area contributed by atoms with E-state index in [1.165, 1.54) is 14.0 Å². The molecule has 6 nitrogen and oxygen atoms in total. The van der Waals surface area contributed by atoms with Gasteiger partial charge in [-0.15, -0.1) is 0 Å². The molecule has 0 rings (SSSR count). The molecule has 7 heteroatoms. The largest absolute Gasteiger partial charge is 0.469 e. The topological polar surface area (TPSA) is 72.9 Å². The van der Waals surface area contributed by atoms with Crippen LogP contribution in [0.2, 0.25) is 0 Å². The maximum absolute atomic E-state index is 11.2. The van der Waals surface area contributed by atoms with Gasteiger partial charge in [0.25, 0.3) is 0 Å². The highest BCUT2D eigenvalue weighted by Gasteiger charge is 2.30. The summed E-state index contributed by atoms with van der Waals surface area (Å²) in [6.07, 6.45) is -0.341. The summed E-state index contributed by atoms with van der Waals surface area (Å²) in [4.78, 5) is 33.1. The van der Waals surface area contributed by atoms with Gasteiger partial charge in [-0.25, -0.2) is 9.21 Å². The molecule has 0 radical (unpaired) electrons. The number of halogens is 1. The zero-order valence-electron chi connectivity index (χ0n) is 8.65. The molecular formula is C8H12ClNO5. The summed E-state index contributed by atoms with van der Waals surface area (Å²) < 4.78 is 9.38. The first-order chi connectivity index (χ1) is 6.93. The van der Waals surface area contributed by atoms with Crippen LogP contribution in [0.4, 0.5) is 0 Å². The summed E-state index contributed by atoms with van der Waals surface area (Å²) in [5.41, 5.74) is 0. The van der Waals surface area contributed by atoms with Crippen molar-refractivity contribution in [3.05, 3.63) is 0 Å². The van der Waals surface area contributed by atoms with Crippen molar-refractivity contribution in [3.63, 3.8) is 0 Å². The number of rotatable bonds is 4. The third-order valence-corrected chi connectivity index (χ3v) is 2.11. The summed E-state index contributed by atoms with van der Waals surface area (Å²) in [6.45, 7) is 1.17. The molecule has 0 bridgehead atoms. The maximum atomic E-state index is 11.2. The Kier molecular flexibility index (Phi) is 5.69. The van der Waals surface area contributed by atoms with Crippen molar-refractivity contribution >= 4 is 29.6 Å². The van der Waals surface area contributed by atoms with E-state index in [9.17, 15) is 14.4 Å². The first-order valence-electron chi connectivity index (χ1n) is 4.04. The van der Waals surface area contributed by atoms with E-state index in [2.05, 4.69) is 9.47 Å². The molecule has 0 aromatic heterocycles. The zero-order valence-corrected chi connectivity index (χ0v) is 9.41. The van der Waals surface area contributed by atoms with Crippen molar-refractivity contribution in [1.29, 1.82) is 0 Å². The van der Waals surface area contributed by atoms with Crippen molar-refractivity contribution < 1.29 is 23.9 Å². The van der Waals surface area contributed by atoms with Crippen LogP contribution < -0.4 is 0 Å². The monoisotopic (exact) mass is 237 g/mol. The Morgan fingerprint density at radius 1 is 1.27 bits per heavy atom. The minimum Gasteiger partial charge on any atom is -0.469 e. The Labute approximate surface area is 92.2 Å². The number of esters is 2. The molecule has 0 aromatic rings. The van der Waals surface area contributed by atoms with E-state index in [0.717, 1.165) is 7.11 Å². The zero-order chi connectivity index (χ0) is 12.0. The van der Waals surface area contributed by atoms with Gasteiger partial charge in [-0.3, -0.25) is 9.59 Å². The molecule has 0 spiro atoms. The molecule has 1 amide bonds. The lowest BCUT2D eigenvalue weighted by Crippen LogP contribution is -2.40. The molecule has 1 atom stereocenters. The van der Waals surface area contributed by atoms with Gasteiger partial charge in [0.2, 0.25) is 5.91 Å². The summed E-state index contributed by atoms with van der Waals surface area (Å²) in [6, 6.07) is -1.17. The predicted octanol–water partition coefficient (Wildman–Crippen LogP) is 0.0934. The number of ether oxygens (including phenoxy) is 2. The van der Waals surface area contributed by atoms with Crippen molar-refractivity contribution in [2.24, 2.45) is 0 Å². The van der Waals surface area contributed by atoms with Gasteiger partial charge in [-0.05, 0) is 0 Å². The molecule has 0 N–H and O–H groups in total. The molecule has 0 aliphatic rings. The van der Waals surface area contributed by atoms with Crippen LogP contribution in [-0.2, 0) is 23.9 Å². The maximum Gasteiger partial charge on any atom is 0.330 e. The lowest BCUT2D eigenvalue weighted by Gasteiger charge is -2.20. The second-order valence-corrected chi connectivity index (χ2v) is 3.01.